The van der Waals surface area contributed by atoms with Gasteiger partial charge < -0.3 is 27.4 Å². The predicted molar refractivity (Wildman–Crippen MR) is 419 cm³/mol. The predicted octanol–water partition coefficient (Wildman–Crippen LogP) is 25.5. The maximum atomic E-state index is 14.8. The second kappa shape index (κ2) is 21.9. The van der Waals surface area contributed by atoms with E-state index >= 15 is 0 Å². The van der Waals surface area contributed by atoms with Crippen molar-refractivity contribution in [3.8, 4) is 56.4 Å². The fraction of sp³-hybridized carbons (Fsp3) is 0.0215. The van der Waals surface area contributed by atoms with Gasteiger partial charge in [-0.05, 0) is 192 Å². The molecule has 0 aliphatic heterocycles. The zero-order valence-corrected chi connectivity index (χ0v) is 55.4. The Kier molecular flexibility index (Phi) is 12.4. The number of hydrogen-bond donors (Lipinski definition) is 0. The Labute approximate surface area is 587 Å². The molecule has 0 saturated heterocycles. The highest BCUT2D eigenvalue weighted by Crippen LogP contribution is 2.48. The average Bonchev–Trinajstić information content (AvgIpc) is 1.56. The number of aromatic nitrogens is 6. The number of aryl methyl sites for hydroxylation is 1. The monoisotopic (exact) mass is 1330 g/mol. The topological polar surface area (TPSA) is 33.9 Å². The van der Waals surface area contributed by atoms with Crippen molar-refractivity contribution in [3.63, 3.8) is 0 Å². The zero-order valence-electron chi connectivity index (χ0n) is 55.4. The van der Waals surface area contributed by atoms with Gasteiger partial charge in [0.15, 0.2) is 5.69 Å². The van der Waals surface area contributed by atoms with Crippen LogP contribution >= 0.6 is 0 Å². The number of benzene rings is 15. The lowest BCUT2D eigenvalue weighted by molar-refractivity contribution is -0.137. The van der Waals surface area contributed by atoms with Gasteiger partial charge in [0.1, 0.15) is 0 Å². The molecule has 0 spiro atoms. The lowest BCUT2D eigenvalue weighted by Crippen LogP contribution is -2.05. The van der Waals surface area contributed by atoms with E-state index in [1.54, 1.807) is 13.0 Å². The van der Waals surface area contributed by atoms with Crippen molar-refractivity contribution in [1.29, 1.82) is 0 Å². The van der Waals surface area contributed by atoms with Gasteiger partial charge in [-0.15, -0.1) is 0 Å². The van der Waals surface area contributed by atoms with Crippen molar-refractivity contribution in [3.05, 3.63) is 344 Å². The van der Waals surface area contributed by atoms with E-state index in [1.807, 2.05) is 18.2 Å². The van der Waals surface area contributed by atoms with E-state index in [0.29, 0.717) is 22.4 Å². The van der Waals surface area contributed by atoms with Crippen LogP contribution in [0.1, 0.15) is 11.1 Å². The molecule has 0 aliphatic rings. The quantitative estimate of drug-likeness (QED) is 0.136. The van der Waals surface area contributed by atoms with Crippen LogP contribution in [0.15, 0.2) is 322 Å². The Morgan fingerprint density at radius 1 is 0.243 bits per heavy atom. The van der Waals surface area contributed by atoms with Gasteiger partial charge in [0.05, 0.1) is 84.0 Å². The maximum Gasteiger partial charge on any atom is 0.416 e. The van der Waals surface area contributed by atoms with Gasteiger partial charge in [0.2, 0.25) is 0 Å². The van der Waals surface area contributed by atoms with Gasteiger partial charge in [0.25, 0.3) is 0 Å². The summed E-state index contributed by atoms with van der Waals surface area (Å²) in [7, 11) is 0. The third-order valence-corrected chi connectivity index (χ3v) is 21.6. The van der Waals surface area contributed by atoms with Crippen LogP contribution in [0.3, 0.4) is 0 Å². The van der Waals surface area contributed by atoms with E-state index in [0.717, 1.165) is 155 Å². The van der Waals surface area contributed by atoms with Crippen LogP contribution in [-0.2, 0) is 6.18 Å². The zero-order chi connectivity index (χ0) is 68.5. The highest BCUT2D eigenvalue weighted by Gasteiger charge is 2.32. The third-order valence-electron chi connectivity index (χ3n) is 21.6. The van der Waals surface area contributed by atoms with E-state index in [2.05, 4.69) is 317 Å². The number of fused-ring (bicyclic) bond motifs is 18. The number of halogens is 3. The van der Waals surface area contributed by atoms with Gasteiger partial charge in [-0.1, -0.05) is 164 Å². The molecule has 15 aromatic carbocycles. The van der Waals surface area contributed by atoms with Crippen LogP contribution in [-0.4, -0.2) is 27.4 Å². The molecule has 21 aromatic rings. The maximum absolute atomic E-state index is 14.8. The molecule has 21 rings (SSSR count). The smallest absolute Gasteiger partial charge is 0.309 e. The average molecular weight is 1330 g/mol. The standard InChI is InChI=1S/C93H56F3N7/c1-56-49-57(93(94,95)96)35-42-64(56)65-43-37-59(102-88-45-38-60(98-80-27-11-3-19-66(80)67-20-4-12-28-81(67)98)52-76(88)77-53-61(39-46-89(77)102)99-82-29-13-5-21-68(82)69-22-6-14-30-83(69)99)51-74(65)75-50-58(97-2)36-44-90(75)103-91-47-40-62(100-84-31-15-7-23-70(84)71-24-8-16-32-85(71)100)54-78(91)79-55-63(41-48-92(79)103)101-86-33-17-9-25-72(86)73-26-10-18-34-87(73)101/h3-55H,1H3. The minimum absolute atomic E-state index is 0.411. The summed E-state index contributed by atoms with van der Waals surface area (Å²) >= 11 is 0. The second-order valence-corrected chi connectivity index (χ2v) is 27.0. The summed E-state index contributed by atoms with van der Waals surface area (Å²) in [5.41, 5.74) is 21.1. The molecule has 0 amide bonds. The molecule has 0 saturated carbocycles. The van der Waals surface area contributed by atoms with Crippen LogP contribution < -0.4 is 0 Å². The first kappa shape index (κ1) is 58.4. The molecule has 10 heteroatoms. The fourth-order valence-electron chi connectivity index (χ4n) is 17.2. The summed E-state index contributed by atoms with van der Waals surface area (Å²) in [5.74, 6) is 0. The van der Waals surface area contributed by atoms with Gasteiger partial charge in [-0.3, -0.25) is 0 Å². The minimum Gasteiger partial charge on any atom is -0.309 e. The first-order chi connectivity index (χ1) is 50.6. The molecule has 6 heterocycles. The van der Waals surface area contributed by atoms with Crippen molar-refractivity contribution in [2.75, 3.05) is 0 Å². The number of alkyl halides is 3. The largest absolute Gasteiger partial charge is 0.416 e. The molecule has 0 fully saturated rings. The van der Waals surface area contributed by atoms with E-state index < -0.39 is 11.7 Å². The Morgan fingerprint density at radius 3 is 0.835 bits per heavy atom. The first-order valence-electron chi connectivity index (χ1n) is 34.6. The highest BCUT2D eigenvalue weighted by atomic mass is 19.4. The van der Waals surface area contributed by atoms with Crippen molar-refractivity contribution >= 4 is 137 Å². The molecule has 103 heavy (non-hydrogen) atoms. The molecule has 0 aliphatic carbocycles. The van der Waals surface area contributed by atoms with Crippen molar-refractivity contribution in [2.24, 2.45) is 0 Å². The Balaban J connectivity index is 0.841. The summed E-state index contributed by atoms with van der Waals surface area (Å²) in [4.78, 5) is 4.13. The number of para-hydroxylation sites is 8. The van der Waals surface area contributed by atoms with Crippen LogP contribution in [0.4, 0.5) is 18.9 Å². The SMILES string of the molecule is [C-]#[N+]c1ccc(-n2c3ccc(-n4c5ccccc5c5ccccc54)cc3c3cc(-n4c5ccccc5c5ccccc54)ccc32)c(-c2cc(-n3c4ccc(-n5c6ccccc6c6ccccc65)cc4c4cc(-n5c6ccccc6c6ccccc65)ccc43)ccc2-c2ccc(C(F)(F)F)cc2C)c1. The summed E-state index contributed by atoms with van der Waals surface area (Å²) in [6.07, 6.45) is -4.56. The van der Waals surface area contributed by atoms with E-state index in [-0.39, 0.29) is 0 Å². The summed E-state index contributed by atoms with van der Waals surface area (Å²) < 4.78 is 58.5. The van der Waals surface area contributed by atoms with Crippen LogP contribution in [0.5, 0.6) is 0 Å². The molecule has 7 nitrogen and oxygen atoms in total. The molecule has 0 atom stereocenters. The number of nitrogens with zero attached hydrogens (tertiary/aromatic N) is 7. The fourth-order valence-corrected chi connectivity index (χ4v) is 17.2. The van der Waals surface area contributed by atoms with Crippen LogP contribution in [0, 0.1) is 13.5 Å². The molecular formula is C93H56F3N7. The lowest BCUT2D eigenvalue weighted by atomic mass is 9.89. The molecule has 0 bridgehead atoms. The molecule has 6 aromatic heterocycles. The minimum atomic E-state index is -4.56. The summed E-state index contributed by atoms with van der Waals surface area (Å²) in [6, 6.07) is 112. The van der Waals surface area contributed by atoms with Gasteiger partial charge in [-0.2, -0.15) is 13.2 Å². The van der Waals surface area contributed by atoms with Crippen LogP contribution in [0.2, 0.25) is 0 Å². The van der Waals surface area contributed by atoms with Crippen molar-refractivity contribution in [2.45, 2.75) is 13.1 Å². The Bertz CT molecular complexity index is 6720. The van der Waals surface area contributed by atoms with Crippen molar-refractivity contribution in [1.82, 2.24) is 27.4 Å². The van der Waals surface area contributed by atoms with E-state index in [4.69, 9.17) is 6.57 Å². The van der Waals surface area contributed by atoms with E-state index in [1.165, 1.54) is 33.7 Å². The van der Waals surface area contributed by atoms with Gasteiger partial charge in [0, 0.05) is 93.1 Å². The Hall–Kier alpha value is -13.6. The molecule has 0 N–H and O–H groups in total. The van der Waals surface area contributed by atoms with Crippen LogP contribution in [0.25, 0.3) is 192 Å². The highest BCUT2D eigenvalue weighted by molar-refractivity contribution is 6.17. The summed E-state index contributed by atoms with van der Waals surface area (Å²) in [6.45, 7) is 10.5. The van der Waals surface area contributed by atoms with Gasteiger partial charge >= 0.3 is 6.18 Å². The van der Waals surface area contributed by atoms with Crippen molar-refractivity contribution < 1.29 is 13.2 Å². The van der Waals surface area contributed by atoms with Gasteiger partial charge in [-0.25, -0.2) is 4.85 Å². The molecule has 484 valence electrons. The molecule has 0 radical (unpaired) electrons. The normalized spacial score (nSPS) is 12.3. The Morgan fingerprint density at radius 2 is 0.524 bits per heavy atom. The third kappa shape index (κ3) is 8.57. The summed E-state index contributed by atoms with van der Waals surface area (Å²) in [5, 5.41) is 13.4. The second-order valence-electron chi connectivity index (χ2n) is 27.0. The first-order valence-corrected chi connectivity index (χ1v) is 34.6. The number of hydrogen-bond acceptors (Lipinski definition) is 0. The molecular weight excluding hydrogens is 1270 g/mol. The number of rotatable bonds is 8. The molecule has 0 unspecified atom stereocenters. The lowest BCUT2D eigenvalue weighted by Gasteiger charge is -2.21. The van der Waals surface area contributed by atoms with E-state index in [9.17, 15) is 13.2 Å².